The fraction of sp³-hybridized carbons (Fsp3) is 1.00. The highest BCUT2D eigenvalue weighted by molar-refractivity contribution is 9.09. The van der Waals surface area contributed by atoms with Gasteiger partial charge in [0.05, 0.1) is 12.7 Å². The van der Waals surface area contributed by atoms with Crippen molar-refractivity contribution in [2.45, 2.75) is 12.5 Å². The topological polar surface area (TPSA) is 15.7 Å². The number of rotatable bonds is 5. The maximum atomic E-state index is 5.59. The fourth-order valence-corrected chi connectivity index (χ4v) is 2.08. The molecule has 1 atom stereocenters. The van der Waals surface area contributed by atoms with E-state index in [2.05, 4.69) is 39.8 Å². The maximum Gasteiger partial charge on any atom is 0.0799 e. The monoisotopic (exact) mass is 264 g/mol. The molecular weight excluding hydrogens is 244 g/mol. The first-order valence-electron chi connectivity index (χ1n) is 5.27. The lowest BCUT2D eigenvalue weighted by molar-refractivity contribution is -0.0157. The second kappa shape index (κ2) is 6.77. The van der Waals surface area contributed by atoms with Crippen LogP contribution < -0.4 is 0 Å². The van der Waals surface area contributed by atoms with Crippen LogP contribution in [0, 0.1) is 0 Å². The summed E-state index contributed by atoms with van der Waals surface area (Å²) >= 11 is 3.47. The molecule has 0 aromatic heterocycles. The molecule has 1 unspecified atom stereocenters. The smallest absolute Gasteiger partial charge is 0.0799 e. The van der Waals surface area contributed by atoms with E-state index in [-0.39, 0.29) is 0 Å². The molecule has 84 valence electrons. The molecule has 0 saturated carbocycles. The Balaban J connectivity index is 2.11. The number of halogens is 1. The average Bonchev–Trinajstić information content (AvgIpc) is 2.18. The van der Waals surface area contributed by atoms with Crippen molar-refractivity contribution in [2.75, 3.05) is 52.2 Å². The summed E-state index contributed by atoms with van der Waals surface area (Å²) in [5, 5.41) is 0.956. The lowest BCUT2D eigenvalue weighted by atomic mass is 10.3. The zero-order valence-corrected chi connectivity index (χ0v) is 10.8. The van der Waals surface area contributed by atoms with E-state index in [0.717, 1.165) is 25.0 Å². The van der Waals surface area contributed by atoms with E-state index in [1.165, 1.54) is 19.5 Å². The Kier molecular flexibility index (Phi) is 6.01. The molecule has 0 aromatic carbocycles. The molecule has 0 aromatic rings. The largest absolute Gasteiger partial charge is 0.375 e. The second-order valence-corrected chi connectivity index (χ2v) is 4.75. The van der Waals surface area contributed by atoms with Gasteiger partial charge in [0.15, 0.2) is 0 Å². The fourth-order valence-electron chi connectivity index (χ4n) is 1.69. The van der Waals surface area contributed by atoms with Crippen LogP contribution in [0.1, 0.15) is 6.42 Å². The number of hydrogen-bond donors (Lipinski definition) is 0. The van der Waals surface area contributed by atoms with Crippen LogP contribution in [0.25, 0.3) is 0 Å². The summed E-state index contributed by atoms with van der Waals surface area (Å²) in [6.07, 6.45) is 1.64. The summed E-state index contributed by atoms with van der Waals surface area (Å²) in [6, 6.07) is 0. The van der Waals surface area contributed by atoms with Crippen LogP contribution in [0.15, 0.2) is 0 Å². The molecule has 1 aliphatic heterocycles. The predicted molar refractivity (Wildman–Crippen MR) is 63.1 cm³/mol. The molecule has 0 aliphatic carbocycles. The van der Waals surface area contributed by atoms with Gasteiger partial charge in [0.2, 0.25) is 0 Å². The SMILES string of the molecule is CN(C)CCCN1CCOC(CBr)C1. The Bertz CT molecular complexity index is 155. The highest BCUT2D eigenvalue weighted by Crippen LogP contribution is 2.07. The van der Waals surface area contributed by atoms with Crippen molar-refractivity contribution in [2.24, 2.45) is 0 Å². The Morgan fingerprint density at radius 1 is 1.50 bits per heavy atom. The summed E-state index contributed by atoms with van der Waals surface area (Å²) < 4.78 is 5.59. The van der Waals surface area contributed by atoms with Gasteiger partial charge >= 0.3 is 0 Å². The van der Waals surface area contributed by atoms with E-state index < -0.39 is 0 Å². The predicted octanol–water partition coefficient (Wildman–Crippen LogP) is 1.03. The molecule has 0 bridgehead atoms. The van der Waals surface area contributed by atoms with E-state index in [1.807, 2.05) is 0 Å². The van der Waals surface area contributed by atoms with Gasteiger partial charge in [-0.1, -0.05) is 15.9 Å². The quantitative estimate of drug-likeness (QED) is 0.691. The van der Waals surface area contributed by atoms with Crippen molar-refractivity contribution < 1.29 is 4.74 Å². The number of alkyl halides is 1. The van der Waals surface area contributed by atoms with Gasteiger partial charge in [0, 0.05) is 18.4 Å². The van der Waals surface area contributed by atoms with Crippen LogP contribution in [0.4, 0.5) is 0 Å². The first kappa shape index (κ1) is 12.4. The number of morpholine rings is 1. The number of ether oxygens (including phenoxy) is 1. The third-order valence-electron chi connectivity index (χ3n) is 2.47. The van der Waals surface area contributed by atoms with Crippen LogP contribution in [-0.2, 0) is 4.74 Å². The van der Waals surface area contributed by atoms with Crippen LogP contribution in [0.3, 0.4) is 0 Å². The summed E-state index contributed by atoms with van der Waals surface area (Å²) in [5.41, 5.74) is 0. The van der Waals surface area contributed by atoms with Crippen molar-refractivity contribution in [3.05, 3.63) is 0 Å². The molecule has 1 aliphatic rings. The third-order valence-corrected chi connectivity index (χ3v) is 3.20. The standard InChI is InChI=1S/C10H21BrN2O/c1-12(2)4-3-5-13-6-7-14-10(8-11)9-13/h10H,3-9H2,1-2H3. The first-order chi connectivity index (χ1) is 6.72. The molecule has 0 spiro atoms. The Morgan fingerprint density at radius 2 is 2.29 bits per heavy atom. The summed E-state index contributed by atoms with van der Waals surface area (Å²) in [7, 11) is 4.25. The van der Waals surface area contributed by atoms with E-state index in [9.17, 15) is 0 Å². The van der Waals surface area contributed by atoms with Crippen LogP contribution in [0.5, 0.6) is 0 Å². The summed E-state index contributed by atoms with van der Waals surface area (Å²) in [4.78, 5) is 4.74. The highest BCUT2D eigenvalue weighted by Gasteiger charge is 2.18. The van der Waals surface area contributed by atoms with E-state index >= 15 is 0 Å². The lowest BCUT2D eigenvalue weighted by Gasteiger charge is -2.32. The molecule has 1 saturated heterocycles. The van der Waals surface area contributed by atoms with Crippen LogP contribution in [0.2, 0.25) is 0 Å². The minimum atomic E-state index is 0.392. The zero-order chi connectivity index (χ0) is 10.4. The van der Waals surface area contributed by atoms with Gasteiger partial charge in [0.25, 0.3) is 0 Å². The molecule has 1 rings (SSSR count). The molecule has 0 radical (unpaired) electrons. The molecule has 4 heteroatoms. The van der Waals surface area contributed by atoms with Crippen molar-refractivity contribution in [1.82, 2.24) is 9.80 Å². The van der Waals surface area contributed by atoms with Crippen LogP contribution in [-0.4, -0.2) is 68.1 Å². The van der Waals surface area contributed by atoms with E-state index in [0.29, 0.717) is 6.10 Å². The highest BCUT2D eigenvalue weighted by atomic mass is 79.9. The number of nitrogens with zero attached hydrogens (tertiary/aromatic N) is 2. The Hall–Kier alpha value is 0.360. The third kappa shape index (κ3) is 4.73. The molecule has 0 amide bonds. The number of hydrogen-bond acceptors (Lipinski definition) is 3. The Morgan fingerprint density at radius 3 is 2.93 bits per heavy atom. The van der Waals surface area contributed by atoms with Gasteiger partial charge in [-0.15, -0.1) is 0 Å². The maximum absolute atomic E-state index is 5.59. The minimum absolute atomic E-state index is 0.392. The Labute approximate surface area is 95.5 Å². The molecule has 3 nitrogen and oxygen atoms in total. The molecule has 1 heterocycles. The average molecular weight is 265 g/mol. The van der Waals surface area contributed by atoms with Gasteiger partial charge in [-0.3, -0.25) is 4.90 Å². The molecular formula is C10H21BrN2O. The molecule has 14 heavy (non-hydrogen) atoms. The van der Waals surface area contributed by atoms with Crippen molar-refractivity contribution in [3.63, 3.8) is 0 Å². The first-order valence-corrected chi connectivity index (χ1v) is 6.39. The lowest BCUT2D eigenvalue weighted by Crippen LogP contribution is -2.43. The molecule has 1 fully saturated rings. The van der Waals surface area contributed by atoms with Gasteiger partial charge in [-0.2, -0.15) is 0 Å². The normalized spacial score (nSPS) is 24.4. The van der Waals surface area contributed by atoms with Gasteiger partial charge in [0.1, 0.15) is 0 Å². The van der Waals surface area contributed by atoms with Gasteiger partial charge < -0.3 is 9.64 Å². The summed E-state index contributed by atoms with van der Waals surface area (Å²) in [6.45, 7) is 5.44. The van der Waals surface area contributed by atoms with Crippen LogP contribution >= 0.6 is 15.9 Å². The van der Waals surface area contributed by atoms with Gasteiger partial charge in [-0.25, -0.2) is 0 Å². The minimum Gasteiger partial charge on any atom is -0.375 e. The summed E-state index contributed by atoms with van der Waals surface area (Å²) in [5.74, 6) is 0. The zero-order valence-electron chi connectivity index (χ0n) is 9.21. The van der Waals surface area contributed by atoms with Crippen molar-refractivity contribution in [1.29, 1.82) is 0 Å². The van der Waals surface area contributed by atoms with E-state index in [4.69, 9.17) is 4.74 Å². The van der Waals surface area contributed by atoms with Gasteiger partial charge in [-0.05, 0) is 33.6 Å². The second-order valence-electron chi connectivity index (χ2n) is 4.10. The van der Waals surface area contributed by atoms with E-state index in [1.54, 1.807) is 0 Å². The van der Waals surface area contributed by atoms with Crippen molar-refractivity contribution >= 4 is 15.9 Å². The van der Waals surface area contributed by atoms with Crippen molar-refractivity contribution in [3.8, 4) is 0 Å². The molecule has 0 N–H and O–H groups in total.